The van der Waals surface area contributed by atoms with Crippen molar-refractivity contribution in [3.8, 4) is 0 Å². The van der Waals surface area contributed by atoms with Crippen molar-refractivity contribution in [1.29, 1.82) is 0 Å². The lowest BCUT2D eigenvalue weighted by Crippen LogP contribution is -2.26. The molecule has 0 aliphatic heterocycles. The minimum Gasteiger partial charge on any atom is -0.462 e. The zero-order chi connectivity index (χ0) is 9.59. The number of ketones is 1. The lowest BCUT2D eigenvalue weighted by molar-refractivity contribution is -0.150. The summed E-state index contributed by atoms with van der Waals surface area (Å²) in [5.41, 5.74) is 0. The quantitative estimate of drug-likeness (QED) is 0.570. The second kappa shape index (κ2) is 2.79. The van der Waals surface area contributed by atoms with Gasteiger partial charge >= 0.3 is 5.97 Å². The summed E-state index contributed by atoms with van der Waals surface area (Å²) in [6, 6.07) is 0. The van der Waals surface area contributed by atoms with Crippen LogP contribution in [-0.4, -0.2) is 24.0 Å². The molecule has 2 aliphatic rings. The second-order valence-electron chi connectivity index (χ2n) is 3.77. The number of Topliss-reactive ketones (excluding diaryl/α,β-unsaturated/α-hetero) is 1. The van der Waals surface area contributed by atoms with Crippen LogP contribution in [0.5, 0.6) is 0 Å². The van der Waals surface area contributed by atoms with Crippen LogP contribution in [0.4, 0.5) is 4.39 Å². The highest BCUT2D eigenvalue weighted by atomic mass is 19.1. The van der Waals surface area contributed by atoms with Crippen molar-refractivity contribution in [3.63, 3.8) is 0 Å². The minimum atomic E-state index is -1.09. The Morgan fingerprint density at radius 2 is 2.31 bits per heavy atom. The van der Waals surface area contributed by atoms with E-state index in [-0.39, 0.29) is 24.2 Å². The van der Waals surface area contributed by atoms with Gasteiger partial charge < -0.3 is 4.74 Å². The number of hydrogen-bond acceptors (Lipinski definition) is 3. The molecule has 0 amide bonds. The third-order valence-corrected chi connectivity index (χ3v) is 2.92. The molecule has 2 aliphatic carbocycles. The number of hydrogen-bond donors (Lipinski definition) is 0. The maximum atomic E-state index is 13.3. The fourth-order valence-corrected chi connectivity index (χ4v) is 2.34. The van der Waals surface area contributed by atoms with Gasteiger partial charge in [-0.25, -0.2) is 4.39 Å². The van der Waals surface area contributed by atoms with Gasteiger partial charge in [-0.15, -0.1) is 0 Å². The minimum absolute atomic E-state index is 0.0131. The average molecular weight is 186 g/mol. The molecule has 0 heterocycles. The first kappa shape index (κ1) is 8.66. The Bertz CT molecular complexity index is 264. The molecule has 3 nitrogen and oxygen atoms in total. The maximum absolute atomic E-state index is 13.3. The Morgan fingerprint density at radius 3 is 2.69 bits per heavy atom. The summed E-state index contributed by atoms with van der Waals surface area (Å²) in [5, 5.41) is 0. The smallest absolute Gasteiger partial charge is 0.302 e. The summed E-state index contributed by atoms with van der Waals surface area (Å²) in [7, 11) is 0. The van der Waals surface area contributed by atoms with Crippen LogP contribution in [0.25, 0.3) is 0 Å². The lowest BCUT2D eigenvalue weighted by Gasteiger charge is -2.19. The first-order valence-electron chi connectivity index (χ1n) is 4.43. The molecule has 0 N–H and O–H groups in total. The van der Waals surface area contributed by atoms with Crippen LogP contribution in [0.15, 0.2) is 0 Å². The predicted octanol–water partition coefficient (Wildman–Crippen LogP) is 0.865. The van der Waals surface area contributed by atoms with Crippen LogP contribution in [0, 0.1) is 11.8 Å². The lowest BCUT2D eigenvalue weighted by atomic mass is 9.96. The van der Waals surface area contributed by atoms with Crippen molar-refractivity contribution in [1.82, 2.24) is 0 Å². The van der Waals surface area contributed by atoms with E-state index in [1.807, 2.05) is 0 Å². The summed E-state index contributed by atoms with van der Waals surface area (Å²) in [4.78, 5) is 21.7. The Morgan fingerprint density at radius 1 is 1.62 bits per heavy atom. The summed E-state index contributed by atoms with van der Waals surface area (Å²) in [6.45, 7) is 1.31. The van der Waals surface area contributed by atoms with Crippen molar-refractivity contribution in [2.75, 3.05) is 0 Å². The number of carbonyl (C=O) groups is 2. The van der Waals surface area contributed by atoms with Crippen molar-refractivity contribution in [2.24, 2.45) is 11.8 Å². The maximum Gasteiger partial charge on any atom is 0.302 e. The molecule has 4 heteroatoms. The van der Waals surface area contributed by atoms with E-state index in [2.05, 4.69) is 0 Å². The molecular weight excluding hydrogens is 175 g/mol. The molecule has 0 aromatic heterocycles. The number of alkyl halides is 1. The molecule has 4 atom stereocenters. The third-order valence-electron chi connectivity index (χ3n) is 2.92. The van der Waals surface area contributed by atoms with Gasteiger partial charge in [0, 0.05) is 19.3 Å². The van der Waals surface area contributed by atoms with E-state index in [1.165, 1.54) is 6.92 Å². The van der Waals surface area contributed by atoms with Crippen LogP contribution in [0.3, 0.4) is 0 Å². The van der Waals surface area contributed by atoms with Crippen LogP contribution < -0.4 is 0 Å². The van der Waals surface area contributed by atoms with Crippen molar-refractivity contribution >= 4 is 11.8 Å². The first-order valence-corrected chi connectivity index (χ1v) is 4.43. The van der Waals surface area contributed by atoms with Crippen LogP contribution in [-0.2, 0) is 14.3 Å². The molecule has 0 aromatic carbocycles. The Hall–Kier alpha value is -0.930. The van der Waals surface area contributed by atoms with Crippen molar-refractivity contribution < 1.29 is 18.7 Å². The van der Waals surface area contributed by atoms with E-state index >= 15 is 0 Å². The summed E-state index contributed by atoms with van der Waals surface area (Å²) in [6.07, 6.45) is -0.833. The van der Waals surface area contributed by atoms with Crippen LogP contribution in [0.1, 0.15) is 19.8 Å². The highest BCUT2D eigenvalue weighted by Crippen LogP contribution is 2.45. The summed E-state index contributed by atoms with van der Waals surface area (Å²) < 4.78 is 18.2. The monoisotopic (exact) mass is 186 g/mol. The van der Waals surface area contributed by atoms with Gasteiger partial charge in [-0.05, 0) is 6.42 Å². The number of rotatable bonds is 1. The molecule has 0 radical (unpaired) electrons. The van der Waals surface area contributed by atoms with Crippen LogP contribution >= 0.6 is 0 Å². The fraction of sp³-hybridized carbons (Fsp3) is 0.778. The molecule has 13 heavy (non-hydrogen) atoms. The van der Waals surface area contributed by atoms with Gasteiger partial charge in [0.05, 0.1) is 5.92 Å². The molecule has 2 fully saturated rings. The molecule has 0 saturated heterocycles. The van der Waals surface area contributed by atoms with E-state index in [9.17, 15) is 14.0 Å². The van der Waals surface area contributed by atoms with Crippen molar-refractivity contribution in [3.05, 3.63) is 0 Å². The van der Waals surface area contributed by atoms with Crippen molar-refractivity contribution in [2.45, 2.75) is 32.0 Å². The summed E-state index contributed by atoms with van der Waals surface area (Å²) in [5.74, 6) is -1.28. The molecule has 72 valence electrons. The number of carbonyl (C=O) groups excluding carboxylic acids is 2. The molecular formula is C9H11FO3. The number of ether oxygens (including phenoxy) is 1. The highest BCUT2D eigenvalue weighted by Gasteiger charge is 2.55. The van der Waals surface area contributed by atoms with Gasteiger partial charge in [-0.1, -0.05) is 0 Å². The van der Waals surface area contributed by atoms with Gasteiger partial charge in [0.2, 0.25) is 0 Å². The van der Waals surface area contributed by atoms with Gasteiger partial charge in [-0.2, -0.15) is 0 Å². The zero-order valence-corrected chi connectivity index (χ0v) is 7.33. The van der Waals surface area contributed by atoms with Gasteiger partial charge in [0.1, 0.15) is 18.1 Å². The number of halogens is 1. The van der Waals surface area contributed by atoms with E-state index in [1.54, 1.807) is 0 Å². The highest BCUT2D eigenvalue weighted by molar-refractivity contribution is 5.85. The normalized spacial score (nSPS) is 42.5. The molecule has 0 aromatic rings. The van der Waals surface area contributed by atoms with Gasteiger partial charge in [-0.3, -0.25) is 9.59 Å². The largest absolute Gasteiger partial charge is 0.462 e. The van der Waals surface area contributed by atoms with E-state index < -0.39 is 18.1 Å². The van der Waals surface area contributed by atoms with E-state index in [0.717, 1.165) is 0 Å². The first-order chi connectivity index (χ1) is 6.09. The predicted molar refractivity (Wildman–Crippen MR) is 41.7 cm³/mol. The molecule has 2 saturated carbocycles. The topological polar surface area (TPSA) is 43.4 Å². The molecule has 0 unspecified atom stereocenters. The SMILES string of the molecule is CC(=O)O[C@@H]1C[C@@H]2C(=O)C[C@H]1[C@H]2F. The second-order valence-corrected chi connectivity index (χ2v) is 3.77. The Kier molecular flexibility index (Phi) is 1.86. The number of esters is 1. The van der Waals surface area contributed by atoms with Crippen LogP contribution in [0.2, 0.25) is 0 Å². The van der Waals surface area contributed by atoms with E-state index in [4.69, 9.17) is 4.74 Å². The van der Waals surface area contributed by atoms with Gasteiger partial charge in [0.25, 0.3) is 0 Å². The Labute approximate surface area is 75.2 Å². The standard InChI is InChI=1S/C9H11FO3/c1-4(11)13-8-3-5-7(12)2-6(8)9(5)10/h5-6,8-9H,2-3H2,1H3/t5-,6-,8-,9+/m1/s1. The Balaban J connectivity index is 2.06. The molecule has 2 rings (SSSR count). The fourth-order valence-electron chi connectivity index (χ4n) is 2.34. The molecule has 0 spiro atoms. The summed E-state index contributed by atoms with van der Waals surface area (Å²) >= 11 is 0. The molecule has 2 bridgehead atoms. The zero-order valence-electron chi connectivity index (χ0n) is 7.33. The number of fused-ring (bicyclic) bond motifs is 2. The third kappa shape index (κ3) is 1.24. The van der Waals surface area contributed by atoms with Gasteiger partial charge in [0.15, 0.2) is 0 Å². The average Bonchev–Trinajstić information content (AvgIpc) is 2.43. The van der Waals surface area contributed by atoms with E-state index in [0.29, 0.717) is 6.42 Å².